The highest BCUT2D eigenvalue weighted by Crippen LogP contribution is 2.24. The molecule has 0 aromatic heterocycles. The van der Waals surface area contributed by atoms with Gasteiger partial charge in [0, 0.05) is 17.5 Å². The first-order valence-corrected chi connectivity index (χ1v) is 5.12. The minimum Gasteiger partial charge on any atom is -0.507 e. The molecule has 0 saturated carbocycles. The number of phenolic OH excluding ortho intramolecular Hbond substituents is 1. The Labute approximate surface area is 98.1 Å². The molecule has 1 atom stereocenters. The zero-order valence-electron chi connectivity index (χ0n) is 8.38. The molecule has 1 aromatic rings. The quantitative estimate of drug-likeness (QED) is 0.474. The van der Waals surface area contributed by atoms with Gasteiger partial charge in [-0.05, 0) is 17.7 Å². The molecule has 0 bridgehead atoms. The van der Waals surface area contributed by atoms with Crippen molar-refractivity contribution in [3.8, 4) is 5.75 Å². The predicted octanol–water partition coefficient (Wildman–Crippen LogP) is 1.46. The molecule has 1 unspecified atom stereocenters. The van der Waals surface area contributed by atoms with Crippen LogP contribution in [0.3, 0.4) is 0 Å². The molecule has 0 aliphatic rings. The number of primary amides is 1. The topological polar surface area (TPSA) is 96.4 Å². The van der Waals surface area contributed by atoms with Crippen molar-refractivity contribution >= 4 is 24.9 Å². The van der Waals surface area contributed by atoms with Crippen LogP contribution in [0.2, 0.25) is 0 Å². The molecule has 1 amide bonds. The highest BCUT2D eigenvalue weighted by Gasteiger charge is 2.14. The molecule has 4 N–H and O–H groups in total. The number of amides is 1. The van der Waals surface area contributed by atoms with Gasteiger partial charge in [0.25, 0.3) is 0 Å². The summed E-state index contributed by atoms with van der Waals surface area (Å²) in [6.07, 6.45) is -0.456. The van der Waals surface area contributed by atoms with Crippen LogP contribution in [-0.4, -0.2) is 23.2 Å². The Morgan fingerprint density at radius 2 is 2.38 bits per heavy atom. The summed E-state index contributed by atoms with van der Waals surface area (Å²) in [5, 5.41) is 16.5. The van der Waals surface area contributed by atoms with E-state index >= 15 is 0 Å². The van der Waals surface area contributed by atoms with Crippen LogP contribution in [0.1, 0.15) is 17.2 Å². The third kappa shape index (κ3) is 2.90. The summed E-state index contributed by atoms with van der Waals surface area (Å²) in [4.78, 5) is 10.6. The van der Waals surface area contributed by atoms with E-state index in [-0.39, 0.29) is 11.5 Å². The minimum absolute atomic E-state index is 0.00395. The SMILES string of the molecule is N=Cc1cc(C(CS)OC(N)=O)ccc1O. The summed E-state index contributed by atoms with van der Waals surface area (Å²) in [5.41, 5.74) is 5.89. The number of hydrogen-bond acceptors (Lipinski definition) is 5. The Hall–Kier alpha value is -1.69. The van der Waals surface area contributed by atoms with Gasteiger partial charge in [-0.1, -0.05) is 6.07 Å². The van der Waals surface area contributed by atoms with Crippen molar-refractivity contribution < 1.29 is 14.6 Å². The van der Waals surface area contributed by atoms with Gasteiger partial charge in [0.1, 0.15) is 11.9 Å². The standard InChI is InChI=1S/C10H12N2O3S/c11-4-7-3-6(1-2-8(7)13)9(5-16)15-10(12)14/h1-4,9,11,13,16H,5H2,(H2,12,14). The number of thiol groups is 1. The smallest absolute Gasteiger partial charge is 0.405 e. The fourth-order valence-corrected chi connectivity index (χ4v) is 1.53. The number of ether oxygens (including phenoxy) is 1. The fourth-order valence-electron chi connectivity index (χ4n) is 1.24. The van der Waals surface area contributed by atoms with Crippen molar-refractivity contribution in [2.75, 3.05) is 5.75 Å². The second-order valence-electron chi connectivity index (χ2n) is 3.07. The van der Waals surface area contributed by atoms with Crippen LogP contribution in [0.15, 0.2) is 18.2 Å². The van der Waals surface area contributed by atoms with Crippen LogP contribution in [0.4, 0.5) is 4.79 Å². The van der Waals surface area contributed by atoms with E-state index in [2.05, 4.69) is 12.6 Å². The molecule has 0 radical (unpaired) electrons. The van der Waals surface area contributed by atoms with Crippen molar-refractivity contribution in [1.82, 2.24) is 0 Å². The lowest BCUT2D eigenvalue weighted by Crippen LogP contribution is -2.18. The number of rotatable bonds is 4. The van der Waals surface area contributed by atoms with Gasteiger partial charge < -0.3 is 21.0 Å². The van der Waals surface area contributed by atoms with E-state index in [0.29, 0.717) is 11.1 Å². The lowest BCUT2D eigenvalue weighted by atomic mass is 10.1. The molecule has 0 heterocycles. The number of carbonyl (C=O) groups is 1. The molecule has 0 fully saturated rings. The number of benzene rings is 1. The average Bonchev–Trinajstić information content (AvgIpc) is 2.26. The van der Waals surface area contributed by atoms with E-state index in [1.165, 1.54) is 6.07 Å². The van der Waals surface area contributed by atoms with Crippen molar-refractivity contribution in [3.05, 3.63) is 29.3 Å². The summed E-state index contributed by atoms with van der Waals surface area (Å²) in [7, 11) is 0. The summed E-state index contributed by atoms with van der Waals surface area (Å²) >= 11 is 4.04. The first-order valence-electron chi connectivity index (χ1n) is 4.48. The second kappa shape index (κ2) is 5.41. The lowest BCUT2D eigenvalue weighted by molar-refractivity contribution is 0.119. The molecule has 86 valence electrons. The van der Waals surface area contributed by atoms with E-state index in [9.17, 15) is 9.90 Å². The Kier molecular flexibility index (Phi) is 4.19. The van der Waals surface area contributed by atoms with Crippen LogP contribution in [0.25, 0.3) is 0 Å². The van der Waals surface area contributed by atoms with E-state index in [1.54, 1.807) is 12.1 Å². The second-order valence-corrected chi connectivity index (χ2v) is 3.44. The van der Waals surface area contributed by atoms with Crippen LogP contribution >= 0.6 is 12.6 Å². The van der Waals surface area contributed by atoms with Gasteiger partial charge in [-0.25, -0.2) is 4.79 Å². The number of nitrogens with two attached hydrogens (primary N) is 1. The van der Waals surface area contributed by atoms with Gasteiger partial charge >= 0.3 is 6.09 Å². The predicted molar refractivity (Wildman–Crippen MR) is 63.3 cm³/mol. The van der Waals surface area contributed by atoms with Gasteiger partial charge in [0.15, 0.2) is 0 Å². The summed E-state index contributed by atoms with van der Waals surface area (Å²) < 4.78 is 4.83. The summed E-state index contributed by atoms with van der Waals surface area (Å²) in [5.74, 6) is 0.265. The van der Waals surface area contributed by atoms with Crippen LogP contribution in [-0.2, 0) is 4.74 Å². The van der Waals surface area contributed by atoms with Crippen molar-refractivity contribution in [1.29, 1.82) is 5.41 Å². The average molecular weight is 240 g/mol. The molecule has 0 saturated heterocycles. The van der Waals surface area contributed by atoms with Gasteiger partial charge in [-0.15, -0.1) is 0 Å². The Balaban J connectivity index is 3.01. The molecule has 0 aliphatic heterocycles. The fraction of sp³-hybridized carbons (Fsp3) is 0.200. The Morgan fingerprint density at radius 1 is 1.69 bits per heavy atom. The third-order valence-electron chi connectivity index (χ3n) is 2.00. The van der Waals surface area contributed by atoms with Crippen molar-refractivity contribution in [3.63, 3.8) is 0 Å². The van der Waals surface area contributed by atoms with Gasteiger partial charge in [0.2, 0.25) is 0 Å². The molecule has 0 spiro atoms. The monoisotopic (exact) mass is 240 g/mol. The maximum Gasteiger partial charge on any atom is 0.405 e. The van der Waals surface area contributed by atoms with Crippen molar-refractivity contribution in [2.24, 2.45) is 5.73 Å². The van der Waals surface area contributed by atoms with Crippen molar-refractivity contribution in [2.45, 2.75) is 6.10 Å². The largest absolute Gasteiger partial charge is 0.507 e. The molecular weight excluding hydrogens is 228 g/mol. The minimum atomic E-state index is -0.886. The zero-order valence-corrected chi connectivity index (χ0v) is 9.28. The van der Waals surface area contributed by atoms with E-state index < -0.39 is 12.2 Å². The molecule has 6 heteroatoms. The van der Waals surface area contributed by atoms with Gasteiger partial charge in [0.05, 0.1) is 0 Å². The Bertz CT molecular complexity index is 409. The normalized spacial score (nSPS) is 11.8. The summed E-state index contributed by atoms with van der Waals surface area (Å²) in [6.45, 7) is 0. The third-order valence-corrected chi connectivity index (χ3v) is 2.33. The number of hydrogen-bond donors (Lipinski definition) is 4. The molecule has 1 aromatic carbocycles. The maximum atomic E-state index is 10.6. The van der Waals surface area contributed by atoms with Gasteiger partial charge in [-0.2, -0.15) is 12.6 Å². The molecule has 16 heavy (non-hydrogen) atoms. The number of carbonyl (C=O) groups excluding carboxylic acids is 1. The van der Waals surface area contributed by atoms with E-state index in [1.807, 2.05) is 0 Å². The van der Waals surface area contributed by atoms with Crippen LogP contribution in [0.5, 0.6) is 5.75 Å². The molecular formula is C10H12N2O3S. The number of nitrogens with one attached hydrogen (secondary N) is 1. The highest BCUT2D eigenvalue weighted by molar-refractivity contribution is 7.80. The molecule has 5 nitrogen and oxygen atoms in total. The molecule has 1 rings (SSSR count). The molecule has 0 aliphatic carbocycles. The van der Waals surface area contributed by atoms with E-state index in [0.717, 1.165) is 6.21 Å². The summed E-state index contributed by atoms with van der Waals surface area (Å²) in [6, 6.07) is 4.56. The number of phenols is 1. The first-order chi connectivity index (χ1) is 7.58. The highest BCUT2D eigenvalue weighted by atomic mass is 32.1. The first kappa shape index (κ1) is 12.4. The van der Waals surface area contributed by atoms with Gasteiger partial charge in [-0.3, -0.25) is 0 Å². The zero-order chi connectivity index (χ0) is 12.1. The van der Waals surface area contributed by atoms with E-state index in [4.69, 9.17) is 15.9 Å². The maximum absolute atomic E-state index is 10.6. The van der Waals surface area contributed by atoms with Crippen LogP contribution < -0.4 is 5.73 Å². The Morgan fingerprint density at radius 3 is 2.88 bits per heavy atom. The lowest BCUT2D eigenvalue weighted by Gasteiger charge is -2.15. The number of aromatic hydroxyl groups is 1. The van der Waals surface area contributed by atoms with Crippen LogP contribution in [0, 0.1) is 5.41 Å².